The third-order valence-electron chi connectivity index (χ3n) is 5.26. The lowest BCUT2D eigenvalue weighted by molar-refractivity contribution is -0.128. The minimum absolute atomic E-state index is 0.125. The van der Waals surface area contributed by atoms with Crippen molar-refractivity contribution in [3.8, 4) is 17.1 Å². The molecule has 0 spiro atoms. The van der Waals surface area contributed by atoms with Gasteiger partial charge in [-0.05, 0) is 67.5 Å². The van der Waals surface area contributed by atoms with E-state index >= 15 is 0 Å². The van der Waals surface area contributed by atoms with Crippen molar-refractivity contribution >= 4 is 17.5 Å². The van der Waals surface area contributed by atoms with E-state index in [0.717, 1.165) is 18.6 Å². The Balaban J connectivity index is 1.36. The minimum Gasteiger partial charge on any atom is -0.481 e. The lowest BCUT2D eigenvalue weighted by Gasteiger charge is -2.20. The van der Waals surface area contributed by atoms with Gasteiger partial charge < -0.3 is 14.6 Å². The third-order valence-corrected chi connectivity index (χ3v) is 5.59. The number of nitrogens with zero attached hydrogens (tertiary/aromatic N) is 2. The van der Waals surface area contributed by atoms with E-state index in [1.807, 2.05) is 31.2 Å². The van der Waals surface area contributed by atoms with Crippen molar-refractivity contribution in [1.82, 2.24) is 15.5 Å². The number of nitrogens with one attached hydrogen (secondary N) is 1. The van der Waals surface area contributed by atoms with Crippen LogP contribution in [0.25, 0.3) is 11.4 Å². The summed E-state index contributed by atoms with van der Waals surface area (Å²) in [6.45, 7) is 2.05. The van der Waals surface area contributed by atoms with Gasteiger partial charge in [-0.25, -0.2) is 0 Å². The number of aryl methyl sites for hydroxylation is 2. The highest BCUT2D eigenvalue weighted by Gasteiger charge is 2.20. The molecule has 0 fully saturated rings. The van der Waals surface area contributed by atoms with Gasteiger partial charge in [-0.3, -0.25) is 4.79 Å². The second kappa shape index (κ2) is 9.30. The first-order chi connectivity index (χ1) is 14.6. The molecule has 30 heavy (non-hydrogen) atoms. The van der Waals surface area contributed by atoms with Crippen molar-refractivity contribution in [3.05, 3.63) is 64.5 Å². The van der Waals surface area contributed by atoms with Gasteiger partial charge in [0.1, 0.15) is 5.75 Å². The van der Waals surface area contributed by atoms with Crippen LogP contribution in [0.15, 0.2) is 47.0 Å². The van der Waals surface area contributed by atoms with Crippen LogP contribution < -0.4 is 10.1 Å². The van der Waals surface area contributed by atoms with E-state index in [0.29, 0.717) is 28.7 Å². The Labute approximate surface area is 180 Å². The summed E-state index contributed by atoms with van der Waals surface area (Å²) >= 11 is 6.17. The average molecular weight is 426 g/mol. The maximum atomic E-state index is 12.6. The van der Waals surface area contributed by atoms with Gasteiger partial charge in [0.25, 0.3) is 5.91 Å². The highest BCUT2D eigenvalue weighted by Crippen LogP contribution is 2.27. The summed E-state index contributed by atoms with van der Waals surface area (Å²) in [5.74, 6) is 1.22. The summed E-state index contributed by atoms with van der Waals surface area (Å²) in [4.78, 5) is 16.9. The predicted molar refractivity (Wildman–Crippen MR) is 114 cm³/mol. The van der Waals surface area contributed by atoms with E-state index in [2.05, 4.69) is 27.6 Å². The molecule has 4 rings (SSSR count). The topological polar surface area (TPSA) is 77.2 Å². The number of hydrogen-bond donors (Lipinski definition) is 1. The van der Waals surface area contributed by atoms with Crippen molar-refractivity contribution in [3.63, 3.8) is 0 Å². The zero-order chi connectivity index (χ0) is 20.9. The Hall–Kier alpha value is -2.86. The molecule has 2 aromatic carbocycles. The van der Waals surface area contributed by atoms with Crippen LogP contribution in [0.4, 0.5) is 0 Å². The third kappa shape index (κ3) is 4.65. The molecule has 1 atom stereocenters. The molecule has 0 bridgehead atoms. The molecule has 1 aliphatic rings. The molecule has 1 heterocycles. The second-order valence-corrected chi connectivity index (χ2v) is 7.77. The fourth-order valence-corrected chi connectivity index (χ4v) is 3.85. The molecule has 0 radical (unpaired) electrons. The summed E-state index contributed by atoms with van der Waals surface area (Å²) in [6.07, 6.45) is 4.60. The fraction of sp³-hybridized carbons (Fsp3) is 0.348. The Morgan fingerprint density at radius 3 is 2.80 bits per heavy atom. The van der Waals surface area contributed by atoms with Crippen molar-refractivity contribution < 1.29 is 14.1 Å². The van der Waals surface area contributed by atoms with Crippen LogP contribution in [0, 0.1) is 0 Å². The number of rotatable bonds is 7. The molecule has 1 amide bonds. The number of fused-ring (bicyclic) bond motifs is 1. The molecule has 156 valence electrons. The average Bonchev–Trinajstić information content (AvgIpc) is 3.25. The highest BCUT2D eigenvalue weighted by molar-refractivity contribution is 6.33. The number of carbonyl (C=O) groups is 1. The summed E-state index contributed by atoms with van der Waals surface area (Å²) in [5.41, 5.74) is 3.39. The lowest BCUT2D eigenvalue weighted by atomic mass is 9.92. The van der Waals surface area contributed by atoms with Gasteiger partial charge in [0.2, 0.25) is 11.7 Å². The standard InChI is InChI=1S/C23H24ClN3O3/c1-2-20(29-17-12-11-15-7-3-4-8-16(15)13-17)23(28)25-14-21-26-22(27-30-21)18-9-5-6-10-19(18)24/h5-6,9-13,20H,2-4,7-8,14H2,1H3,(H,25,28)/t20-/m0/s1. The lowest BCUT2D eigenvalue weighted by Crippen LogP contribution is -2.37. The van der Waals surface area contributed by atoms with E-state index in [-0.39, 0.29) is 12.5 Å². The van der Waals surface area contributed by atoms with E-state index in [1.54, 1.807) is 6.07 Å². The highest BCUT2D eigenvalue weighted by atomic mass is 35.5. The Morgan fingerprint density at radius 2 is 2.00 bits per heavy atom. The van der Waals surface area contributed by atoms with Crippen LogP contribution in [-0.4, -0.2) is 22.2 Å². The molecule has 0 unspecified atom stereocenters. The van der Waals surface area contributed by atoms with Crippen LogP contribution in [0.3, 0.4) is 0 Å². The van der Waals surface area contributed by atoms with Crippen LogP contribution in [0.1, 0.15) is 43.2 Å². The number of aromatic nitrogens is 2. The summed E-state index contributed by atoms with van der Waals surface area (Å²) < 4.78 is 11.2. The number of benzene rings is 2. The molecule has 6 nitrogen and oxygen atoms in total. The van der Waals surface area contributed by atoms with Crippen molar-refractivity contribution in [2.45, 2.75) is 51.7 Å². The van der Waals surface area contributed by atoms with Crippen molar-refractivity contribution in [2.24, 2.45) is 0 Å². The van der Waals surface area contributed by atoms with Crippen molar-refractivity contribution in [2.75, 3.05) is 0 Å². The quantitative estimate of drug-likeness (QED) is 0.591. The zero-order valence-corrected chi connectivity index (χ0v) is 17.6. The molecule has 0 saturated carbocycles. The largest absolute Gasteiger partial charge is 0.481 e. The smallest absolute Gasteiger partial charge is 0.261 e. The monoisotopic (exact) mass is 425 g/mol. The molecular formula is C23H24ClN3O3. The van der Waals surface area contributed by atoms with Gasteiger partial charge in [-0.2, -0.15) is 4.98 Å². The first kappa shape index (κ1) is 20.4. The fourth-order valence-electron chi connectivity index (χ4n) is 3.62. The van der Waals surface area contributed by atoms with Gasteiger partial charge in [0, 0.05) is 5.56 Å². The summed E-state index contributed by atoms with van der Waals surface area (Å²) in [7, 11) is 0. The minimum atomic E-state index is -0.586. The Bertz CT molecular complexity index is 1030. The summed E-state index contributed by atoms with van der Waals surface area (Å²) in [5, 5.41) is 7.30. The number of hydrogen-bond acceptors (Lipinski definition) is 5. The Morgan fingerprint density at radius 1 is 1.20 bits per heavy atom. The molecule has 0 saturated heterocycles. The Kier molecular flexibility index (Phi) is 6.33. The van der Waals surface area contributed by atoms with Crippen LogP contribution >= 0.6 is 11.6 Å². The van der Waals surface area contributed by atoms with Gasteiger partial charge >= 0.3 is 0 Å². The number of ether oxygens (including phenoxy) is 1. The van der Waals surface area contributed by atoms with E-state index in [1.165, 1.54) is 24.0 Å². The predicted octanol–water partition coefficient (Wildman–Crippen LogP) is 4.74. The summed E-state index contributed by atoms with van der Waals surface area (Å²) in [6, 6.07) is 13.4. The maximum Gasteiger partial charge on any atom is 0.261 e. The van der Waals surface area contributed by atoms with E-state index in [4.69, 9.17) is 20.9 Å². The molecule has 0 aliphatic heterocycles. The molecule has 1 N–H and O–H groups in total. The van der Waals surface area contributed by atoms with Gasteiger partial charge in [0.15, 0.2) is 6.10 Å². The number of amides is 1. The molecule has 1 aliphatic carbocycles. The number of halogens is 1. The van der Waals surface area contributed by atoms with Crippen LogP contribution in [-0.2, 0) is 24.2 Å². The zero-order valence-electron chi connectivity index (χ0n) is 16.9. The van der Waals surface area contributed by atoms with Crippen LogP contribution in [0.2, 0.25) is 5.02 Å². The van der Waals surface area contributed by atoms with E-state index < -0.39 is 6.10 Å². The molecule has 1 aromatic heterocycles. The first-order valence-corrected chi connectivity index (χ1v) is 10.7. The maximum absolute atomic E-state index is 12.6. The molecular weight excluding hydrogens is 402 g/mol. The number of carbonyl (C=O) groups excluding carboxylic acids is 1. The molecule has 7 heteroatoms. The SMILES string of the molecule is CC[C@H](Oc1ccc2c(c1)CCCC2)C(=O)NCc1nc(-c2ccccc2Cl)no1. The van der Waals surface area contributed by atoms with Crippen LogP contribution in [0.5, 0.6) is 5.75 Å². The second-order valence-electron chi connectivity index (χ2n) is 7.36. The van der Waals surface area contributed by atoms with E-state index in [9.17, 15) is 4.79 Å². The molecule has 3 aromatic rings. The van der Waals surface area contributed by atoms with Gasteiger partial charge in [-0.1, -0.05) is 41.9 Å². The first-order valence-electron chi connectivity index (χ1n) is 10.3. The van der Waals surface area contributed by atoms with Gasteiger partial charge in [-0.15, -0.1) is 0 Å². The van der Waals surface area contributed by atoms with Crippen molar-refractivity contribution in [1.29, 1.82) is 0 Å². The normalized spacial score (nSPS) is 14.1. The van der Waals surface area contributed by atoms with Gasteiger partial charge in [0.05, 0.1) is 11.6 Å².